The van der Waals surface area contributed by atoms with E-state index in [9.17, 15) is 15.3 Å². The molecule has 1 aliphatic rings. The van der Waals surface area contributed by atoms with Crippen molar-refractivity contribution in [3.8, 4) is 0 Å². The third-order valence-electron chi connectivity index (χ3n) is 4.68. The molecule has 0 aromatic heterocycles. The standard InChI is InChI=1S/C18H35BrO6/c19-11-9-7-5-3-1-2-4-6-8-10-12-24-17-15(21)14(13-20)25-18(23)16(17)22/h14-18,20-23H,1-13H2/t14-,15-,16-,17+,18+/m1/s1. The van der Waals surface area contributed by atoms with E-state index in [4.69, 9.17) is 14.6 Å². The molecule has 0 spiro atoms. The van der Waals surface area contributed by atoms with E-state index in [0.717, 1.165) is 24.6 Å². The van der Waals surface area contributed by atoms with Gasteiger partial charge in [-0.2, -0.15) is 0 Å². The average molecular weight is 427 g/mol. The Balaban J connectivity index is 2.01. The van der Waals surface area contributed by atoms with Crippen molar-refractivity contribution in [2.75, 3.05) is 18.5 Å². The van der Waals surface area contributed by atoms with Crippen LogP contribution in [0, 0.1) is 0 Å². The fourth-order valence-corrected chi connectivity index (χ4v) is 3.49. The summed E-state index contributed by atoms with van der Waals surface area (Å²) in [6.45, 7) is -0.0167. The average Bonchev–Trinajstić information content (AvgIpc) is 2.61. The number of aliphatic hydroxyl groups excluding tert-OH is 4. The lowest BCUT2D eigenvalue weighted by atomic mass is 9.99. The van der Waals surface area contributed by atoms with Crippen LogP contribution >= 0.6 is 15.9 Å². The minimum Gasteiger partial charge on any atom is -0.394 e. The van der Waals surface area contributed by atoms with Crippen molar-refractivity contribution in [3.05, 3.63) is 0 Å². The van der Waals surface area contributed by atoms with Gasteiger partial charge in [0, 0.05) is 11.9 Å². The van der Waals surface area contributed by atoms with E-state index < -0.39 is 37.3 Å². The van der Waals surface area contributed by atoms with Crippen LogP contribution in [-0.4, -0.2) is 69.7 Å². The molecule has 1 saturated heterocycles. The zero-order valence-corrected chi connectivity index (χ0v) is 16.6. The third-order valence-corrected chi connectivity index (χ3v) is 5.24. The maximum absolute atomic E-state index is 10.0. The zero-order chi connectivity index (χ0) is 18.5. The van der Waals surface area contributed by atoms with E-state index in [1.807, 2.05) is 0 Å². The zero-order valence-electron chi connectivity index (χ0n) is 15.1. The van der Waals surface area contributed by atoms with E-state index in [2.05, 4.69) is 15.9 Å². The van der Waals surface area contributed by atoms with Crippen molar-refractivity contribution in [1.29, 1.82) is 0 Å². The molecule has 5 atom stereocenters. The summed E-state index contributed by atoms with van der Waals surface area (Å²) in [5, 5.41) is 39.7. The summed E-state index contributed by atoms with van der Waals surface area (Å²) in [5.74, 6) is 0. The van der Waals surface area contributed by atoms with E-state index in [1.165, 1.54) is 44.9 Å². The normalized spacial score (nSPS) is 29.9. The molecule has 0 unspecified atom stereocenters. The number of alkyl halides is 1. The highest BCUT2D eigenvalue weighted by Gasteiger charge is 2.44. The molecular formula is C18H35BrO6. The van der Waals surface area contributed by atoms with Gasteiger partial charge in [-0.3, -0.25) is 0 Å². The molecule has 6 nitrogen and oxygen atoms in total. The van der Waals surface area contributed by atoms with Crippen molar-refractivity contribution in [2.24, 2.45) is 0 Å². The second-order valence-corrected chi connectivity index (χ2v) is 7.58. The Morgan fingerprint density at radius 3 is 1.80 bits per heavy atom. The monoisotopic (exact) mass is 426 g/mol. The number of ether oxygens (including phenoxy) is 2. The van der Waals surface area contributed by atoms with Crippen molar-refractivity contribution < 1.29 is 29.9 Å². The fraction of sp³-hybridized carbons (Fsp3) is 1.00. The number of hydrogen-bond donors (Lipinski definition) is 4. The SMILES string of the molecule is OC[C@H]1O[C@H](O)[C@H](O)[C@@H](OCCCCCCCCCCCCBr)[C@@H]1O. The molecule has 0 amide bonds. The van der Waals surface area contributed by atoms with E-state index in [0.29, 0.717) is 6.61 Å². The van der Waals surface area contributed by atoms with Crippen LogP contribution in [0.25, 0.3) is 0 Å². The third kappa shape index (κ3) is 9.13. The van der Waals surface area contributed by atoms with Crippen LogP contribution in [0.15, 0.2) is 0 Å². The van der Waals surface area contributed by atoms with Gasteiger partial charge in [0.2, 0.25) is 0 Å². The smallest absolute Gasteiger partial charge is 0.184 e. The van der Waals surface area contributed by atoms with Crippen molar-refractivity contribution >= 4 is 15.9 Å². The molecule has 0 aromatic carbocycles. The number of hydrogen-bond acceptors (Lipinski definition) is 6. The maximum atomic E-state index is 10.0. The van der Waals surface area contributed by atoms with Crippen LogP contribution in [0.3, 0.4) is 0 Å². The molecular weight excluding hydrogens is 392 g/mol. The largest absolute Gasteiger partial charge is 0.394 e. The number of aliphatic hydroxyl groups is 4. The quantitative estimate of drug-likeness (QED) is 0.250. The summed E-state index contributed by atoms with van der Waals surface area (Å²) >= 11 is 3.45. The van der Waals surface area contributed by atoms with Gasteiger partial charge < -0.3 is 29.9 Å². The Kier molecular flexibility index (Phi) is 13.3. The molecule has 25 heavy (non-hydrogen) atoms. The predicted molar refractivity (Wildman–Crippen MR) is 99.7 cm³/mol. The Labute approximate surface area is 159 Å². The molecule has 0 radical (unpaired) electrons. The first-order valence-electron chi connectivity index (χ1n) is 9.60. The molecule has 1 aliphatic heterocycles. The topological polar surface area (TPSA) is 99.4 Å². The predicted octanol–water partition coefficient (Wildman–Crippen LogP) is 2.10. The molecule has 1 rings (SSSR count). The summed E-state index contributed by atoms with van der Waals surface area (Å²) in [5.41, 5.74) is 0. The first-order valence-corrected chi connectivity index (χ1v) is 10.7. The first-order chi connectivity index (χ1) is 12.1. The van der Waals surface area contributed by atoms with Crippen LogP contribution in [0.1, 0.15) is 64.2 Å². The summed E-state index contributed by atoms with van der Waals surface area (Å²) in [7, 11) is 0. The van der Waals surface area contributed by atoms with Gasteiger partial charge in [0.15, 0.2) is 6.29 Å². The fourth-order valence-electron chi connectivity index (χ4n) is 3.09. The highest BCUT2D eigenvalue weighted by Crippen LogP contribution is 2.22. The molecule has 0 bridgehead atoms. The molecule has 150 valence electrons. The van der Waals surface area contributed by atoms with Gasteiger partial charge in [-0.05, 0) is 12.8 Å². The first kappa shape index (κ1) is 23.3. The lowest BCUT2D eigenvalue weighted by Crippen LogP contribution is -2.59. The Bertz CT molecular complexity index is 320. The highest BCUT2D eigenvalue weighted by atomic mass is 79.9. The highest BCUT2D eigenvalue weighted by molar-refractivity contribution is 9.09. The molecule has 1 heterocycles. The second-order valence-electron chi connectivity index (χ2n) is 6.79. The lowest BCUT2D eigenvalue weighted by Gasteiger charge is -2.39. The van der Waals surface area contributed by atoms with Gasteiger partial charge in [-0.15, -0.1) is 0 Å². The minimum absolute atomic E-state index is 0.413. The molecule has 0 aliphatic carbocycles. The van der Waals surface area contributed by atoms with E-state index in [-0.39, 0.29) is 0 Å². The summed E-state index contributed by atoms with van der Waals surface area (Å²) in [6.07, 6.45) is 6.35. The molecule has 7 heteroatoms. The van der Waals surface area contributed by atoms with Gasteiger partial charge in [-0.25, -0.2) is 0 Å². The van der Waals surface area contributed by atoms with Crippen molar-refractivity contribution in [3.63, 3.8) is 0 Å². The summed E-state index contributed by atoms with van der Waals surface area (Å²) < 4.78 is 10.5. The minimum atomic E-state index is -1.44. The van der Waals surface area contributed by atoms with Gasteiger partial charge in [0.25, 0.3) is 0 Å². The van der Waals surface area contributed by atoms with Gasteiger partial charge >= 0.3 is 0 Å². The number of rotatable bonds is 14. The summed E-state index contributed by atoms with van der Waals surface area (Å²) in [6, 6.07) is 0. The molecule has 4 N–H and O–H groups in total. The number of halogens is 1. The molecule has 1 fully saturated rings. The van der Waals surface area contributed by atoms with Gasteiger partial charge in [-0.1, -0.05) is 67.3 Å². The number of unbranched alkanes of at least 4 members (excludes halogenated alkanes) is 9. The van der Waals surface area contributed by atoms with Crippen LogP contribution in [-0.2, 0) is 9.47 Å². The lowest BCUT2D eigenvalue weighted by molar-refractivity contribution is -0.294. The van der Waals surface area contributed by atoms with Crippen LogP contribution < -0.4 is 0 Å². The van der Waals surface area contributed by atoms with E-state index >= 15 is 0 Å². The van der Waals surface area contributed by atoms with Crippen LogP contribution in [0.5, 0.6) is 0 Å². The van der Waals surface area contributed by atoms with Crippen molar-refractivity contribution in [2.45, 2.75) is 94.9 Å². The van der Waals surface area contributed by atoms with Gasteiger partial charge in [0.05, 0.1) is 6.61 Å². The second kappa shape index (κ2) is 14.3. The van der Waals surface area contributed by atoms with Crippen molar-refractivity contribution in [1.82, 2.24) is 0 Å². The van der Waals surface area contributed by atoms with E-state index in [1.54, 1.807) is 0 Å². The Morgan fingerprint density at radius 2 is 1.28 bits per heavy atom. The molecule has 0 saturated carbocycles. The molecule has 0 aromatic rings. The Hall–Kier alpha value is 0.240. The Morgan fingerprint density at radius 1 is 0.760 bits per heavy atom. The van der Waals surface area contributed by atoms with Crippen LogP contribution in [0.2, 0.25) is 0 Å². The van der Waals surface area contributed by atoms with Gasteiger partial charge in [0.1, 0.15) is 24.4 Å². The van der Waals surface area contributed by atoms with Crippen LogP contribution in [0.4, 0.5) is 0 Å². The maximum Gasteiger partial charge on any atom is 0.184 e. The summed E-state index contributed by atoms with van der Waals surface area (Å²) in [4.78, 5) is 0.